The van der Waals surface area contributed by atoms with E-state index < -0.39 is 9.84 Å². The molecule has 0 atom stereocenters. The van der Waals surface area contributed by atoms with Crippen LogP contribution in [0.25, 0.3) is 0 Å². The highest BCUT2D eigenvalue weighted by Gasteiger charge is 2.14. The van der Waals surface area contributed by atoms with Crippen molar-refractivity contribution >= 4 is 25.8 Å². The van der Waals surface area contributed by atoms with Gasteiger partial charge in [0, 0.05) is 9.88 Å². The standard InChI is InChI=1S/C9H6BrNO2S/c1-2-14(12,13)9-4-3-8(10)5-7(9)6-11/h2-5H,1H2. The molecule has 1 aromatic carbocycles. The van der Waals surface area contributed by atoms with Gasteiger partial charge in [0.15, 0.2) is 0 Å². The summed E-state index contributed by atoms with van der Waals surface area (Å²) < 4.78 is 23.5. The summed E-state index contributed by atoms with van der Waals surface area (Å²) in [5.41, 5.74) is 0.110. The van der Waals surface area contributed by atoms with E-state index in [2.05, 4.69) is 22.5 Å². The molecule has 5 heteroatoms. The van der Waals surface area contributed by atoms with Crippen molar-refractivity contribution in [3.63, 3.8) is 0 Å². The lowest BCUT2D eigenvalue weighted by molar-refractivity contribution is 0.604. The van der Waals surface area contributed by atoms with E-state index in [-0.39, 0.29) is 10.5 Å². The Morgan fingerprint density at radius 3 is 2.64 bits per heavy atom. The van der Waals surface area contributed by atoms with E-state index in [9.17, 15) is 8.42 Å². The molecule has 0 saturated heterocycles. The van der Waals surface area contributed by atoms with Crippen molar-refractivity contribution < 1.29 is 8.42 Å². The molecule has 0 aliphatic heterocycles. The third-order valence-electron chi connectivity index (χ3n) is 1.59. The van der Waals surface area contributed by atoms with E-state index >= 15 is 0 Å². The molecule has 1 aromatic rings. The Morgan fingerprint density at radius 2 is 2.14 bits per heavy atom. The van der Waals surface area contributed by atoms with Gasteiger partial charge in [-0.05, 0) is 18.2 Å². The Balaban J connectivity index is 3.53. The molecule has 0 aliphatic carbocycles. The summed E-state index contributed by atoms with van der Waals surface area (Å²) in [6.07, 6.45) is 0. The van der Waals surface area contributed by atoms with Crippen molar-refractivity contribution in [1.82, 2.24) is 0 Å². The highest BCUT2D eigenvalue weighted by molar-refractivity contribution is 9.10. The third-order valence-corrected chi connectivity index (χ3v) is 3.49. The molecule has 0 aliphatic rings. The van der Waals surface area contributed by atoms with Gasteiger partial charge < -0.3 is 0 Å². The van der Waals surface area contributed by atoms with Crippen molar-refractivity contribution in [2.75, 3.05) is 0 Å². The molecule has 0 heterocycles. The van der Waals surface area contributed by atoms with E-state index in [0.29, 0.717) is 4.47 Å². The first kappa shape index (κ1) is 11.0. The van der Waals surface area contributed by atoms with Gasteiger partial charge in [0.2, 0.25) is 9.84 Å². The molecule has 0 spiro atoms. The molecule has 1 rings (SSSR count). The minimum atomic E-state index is -3.54. The van der Waals surface area contributed by atoms with Crippen LogP contribution in [0.5, 0.6) is 0 Å². The summed E-state index contributed by atoms with van der Waals surface area (Å²) in [6, 6.07) is 6.22. The molecule has 0 aromatic heterocycles. The Labute approximate surface area is 90.7 Å². The van der Waals surface area contributed by atoms with E-state index in [1.807, 2.05) is 6.07 Å². The van der Waals surface area contributed by atoms with Crippen LogP contribution in [0.4, 0.5) is 0 Å². The van der Waals surface area contributed by atoms with E-state index in [1.54, 1.807) is 6.07 Å². The second kappa shape index (κ2) is 3.95. The van der Waals surface area contributed by atoms with Gasteiger partial charge in [-0.3, -0.25) is 0 Å². The molecule has 72 valence electrons. The number of nitriles is 1. The molecule has 0 radical (unpaired) electrons. The van der Waals surface area contributed by atoms with Crippen molar-refractivity contribution in [1.29, 1.82) is 5.26 Å². The van der Waals surface area contributed by atoms with Gasteiger partial charge in [-0.2, -0.15) is 5.26 Å². The largest absolute Gasteiger partial charge is 0.219 e. The first-order chi connectivity index (χ1) is 6.51. The summed E-state index contributed by atoms with van der Waals surface area (Å²) in [5.74, 6) is 0. The number of rotatable bonds is 2. The van der Waals surface area contributed by atoms with Crippen molar-refractivity contribution in [3.05, 3.63) is 40.2 Å². The van der Waals surface area contributed by atoms with Crippen LogP contribution < -0.4 is 0 Å². The topological polar surface area (TPSA) is 57.9 Å². The quantitative estimate of drug-likeness (QED) is 0.829. The number of sulfone groups is 1. The molecular formula is C9H6BrNO2S. The molecular weight excluding hydrogens is 266 g/mol. The van der Waals surface area contributed by atoms with Gasteiger partial charge >= 0.3 is 0 Å². The average molecular weight is 272 g/mol. The summed E-state index contributed by atoms with van der Waals surface area (Å²) in [5, 5.41) is 9.56. The fourth-order valence-electron chi connectivity index (χ4n) is 0.927. The molecule has 0 bridgehead atoms. The first-order valence-corrected chi connectivity index (χ1v) is 5.92. The van der Waals surface area contributed by atoms with Crippen LogP contribution >= 0.6 is 15.9 Å². The zero-order valence-electron chi connectivity index (χ0n) is 7.07. The molecule has 0 saturated carbocycles. The smallest absolute Gasteiger partial charge is 0.200 e. The van der Waals surface area contributed by atoms with Crippen molar-refractivity contribution in [3.8, 4) is 6.07 Å². The molecule has 0 fully saturated rings. The van der Waals surface area contributed by atoms with Crippen LogP contribution in [-0.4, -0.2) is 8.42 Å². The van der Waals surface area contributed by atoms with Gasteiger partial charge in [-0.15, -0.1) is 0 Å². The third kappa shape index (κ3) is 2.03. The monoisotopic (exact) mass is 271 g/mol. The summed E-state index contributed by atoms with van der Waals surface area (Å²) in [6.45, 7) is 3.20. The maximum absolute atomic E-state index is 11.4. The molecule has 0 amide bonds. The predicted octanol–water partition coefficient (Wildman–Crippen LogP) is 2.24. The van der Waals surface area contributed by atoms with Crippen LogP contribution in [0.1, 0.15) is 5.56 Å². The van der Waals surface area contributed by atoms with Crippen molar-refractivity contribution in [2.24, 2.45) is 0 Å². The SMILES string of the molecule is C=CS(=O)(=O)c1ccc(Br)cc1C#N. The zero-order chi connectivity index (χ0) is 10.8. The lowest BCUT2D eigenvalue weighted by atomic mass is 10.2. The maximum Gasteiger partial charge on any atom is 0.200 e. The number of hydrogen-bond donors (Lipinski definition) is 0. The Bertz CT molecular complexity index is 514. The fourth-order valence-corrected chi connectivity index (χ4v) is 2.14. The molecule has 14 heavy (non-hydrogen) atoms. The Kier molecular flexibility index (Phi) is 3.09. The van der Waals surface area contributed by atoms with Gasteiger partial charge in [0.25, 0.3) is 0 Å². The fraction of sp³-hybridized carbons (Fsp3) is 0. The summed E-state index contributed by atoms with van der Waals surface area (Å²) in [7, 11) is -3.54. The Morgan fingerprint density at radius 1 is 1.50 bits per heavy atom. The molecule has 0 N–H and O–H groups in total. The van der Waals surface area contributed by atoms with Crippen LogP contribution in [0.15, 0.2) is 39.6 Å². The lowest BCUT2D eigenvalue weighted by Crippen LogP contribution is -1.98. The van der Waals surface area contributed by atoms with Gasteiger partial charge in [0.05, 0.1) is 10.5 Å². The minimum Gasteiger partial charge on any atom is -0.219 e. The van der Waals surface area contributed by atoms with Crippen LogP contribution in [0.3, 0.4) is 0 Å². The second-order valence-corrected chi connectivity index (χ2v) is 5.24. The number of nitrogens with zero attached hydrogens (tertiary/aromatic N) is 1. The first-order valence-electron chi connectivity index (χ1n) is 3.58. The number of halogens is 1. The van der Waals surface area contributed by atoms with Gasteiger partial charge in [0.1, 0.15) is 6.07 Å². The van der Waals surface area contributed by atoms with E-state index in [4.69, 9.17) is 5.26 Å². The lowest BCUT2D eigenvalue weighted by Gasteiger charge is -2.01. The summed E-state index contributed by atoms with van der Waals surface area (Å²) >= 11 is 3.15. The van der Waals surface area contributed by atoms with Crippen molar-refractivity contribution in [2.45, 2.75) is 4.90 Å². The number of hydrogen-bond acceptors (Lipinski definition) is 3. The minimum absolute atomic E-state index is 0.0156. The number of benzene rings is 1. The molecule has 3 nitrogen and oxygen atoms in total. The normalized spacial score (nSPS) is 10.6. The highest BCUT2D eigenvalue weighted by Crippen LogP contribution is 2.21. The average Bonchev–Trinajstić information content (AvgIpc) is 2.17. The molecule has 0 unspecified atom stereocenters. The van der Waals surface area contributed by atoms with E-state index in [1.165, 1.54) is 12.1 Å². The second-order valence-electron chi connectivity index (χ2n) is 2.46. The van der Waals surface area contributed by atoms with Crippen LogP contribution in [-0.2, 0) is 9.84 Å². The van der Waals surface area contributed by atoms with E-state index in [0.717, 1.165) is 5.41 Å². The predicted molar refractivity (Wildman–Crippen MR) is 56.2 cm³/mol. The van der Waals surface area contributed by atoms with Gasteiger partial charge in [-0.1, -0.05) is 22.5 Å². The van der Waals surface area contributed by atoms with Gasteiger partial charge in [-0.25, -0.2) is 8.42 Å². The Hall–Kier alpha value is -1.12. The highest BCUT2D eigenvalue weighted by atomic mass is 79.9. The van der Waals surface area contributed by atoms with Crippen LogP contribution in [0, 0.1) is 11.3 Å². The zero-order valence-corrected chi connectivity index (χ0v) is 9.47. The van der Waals surface area contributed by atoms with Crippen LogP contribution in [0.2, 0.25) is 0 Å². The maximum atomic E-state index is 11.4. The summed E-state index contributed by atoms with van der Waals surface area (Å²) in [4.78, 5) is -0.0156.